The van der Waals surface area contributed by atoms with Gasteiger partial charge in [0.25, 0.3) is 5.91 Å². The van der Waals surface area contributed by atoms with Crippen LogP contribution in [0.2, 0.25) is 5.02 Å². The number of hydrogen-bond acceptors (Lipinski definition) is 7. The number of carbonyl (C=O) groups is 4. The van der Waals surface area contributed by atoms with Gasteiger partial charge in [0.05, 0.1) is 5.56 Å². The fourth-order valence-electron chi connectivity index (χ4n) is 7.58. The Hall–Kier alpha value is -3.91. The minimum Gasteiger partial charge on any atom is -0.475 e. The van der Waals surface area contributed by atoms with E-state index in [1.807, 2.05) is 52.0 Å². The summed E-state index contributed by atoms with van der Waals surface area (Å²) in [6.45, 7) is 11.8. The van der Waals surface area contributed by atoms with Gasteiger partial charge in [0.2, 0.25) is 11.8 Å². The van der Waals surface area contributed by atoms with Crippen molar-refractivity contribution < 1.29 is 37.5 Å². The van der Waals surface area contributed by atoms with Crippen LogP contribution in [0.4, 0.5) is 24.7 Å². The van der Waals surface area contributed by atoms with Gasteiger partial charge in [-0.05, 0) is 87.2 Å². The van der Waals surface area contributed by atoms with Gasteiger partial charge in [0.15, 0.2) is 0 Å². The number of carboxylic acids is 1. The molecule has 2 aromatic rings. The van der Waals surface area contributed by atoms with Gasteiger partial charge < -0.3 is 29.6 Å². The van der Waals surface area contributed by atoms with E-state index in [-0.39, 0.29) is 23.6 Å². The van der Waals surface area contributed by atoms with Crippen molar-refractivity contribution in [3.63, 3.8) is 0 Å². The summed E-state index contributed by atoms with van der Waals surface area (Å²) in [4.78, 5) is 63.2. The fourth-order valence-corrected chi connectivity index (χ4v) is 7.76. The predicted molar refractivity (Wildman–Crippen MR) is 187 cm³/mol. The summed E-state index contributed by atoms with van der Waals surface area (Å²) in [5.41, 5.74) is 2.57. The number of nitrogens with zero attached hydrogens (tertiary/aromatic N) is 6. The smallest absolute Gasteiger partial charge is 0.475 e. The summed E-state index contributed by atoms with van der Waals surface area (Å²) in [6.07, 6.45) is 1.26. The Labute approximate surface area is 301 Å². The number of hydrogen-bond donors (Lipinski definition) is 1. The minimum atomic E-state index is -5.08. The van der Waals surface area contributed by atoms with Crippen molar-refractivity contribution in [3.05, 3.63) is 52.7 Å². The van der Waals surface area contributed by atoms with E-state index in [2.05, 4.69) is 14.8 Å². The van der Waals surface area contributed by atoms with Crippen LogP contribution in [-0.4, -0.2) is 120 Å². The van der Waals surface area contributed by atoms with Crippen LogP contribution < -0.4 is 9.80 Å². The van der Waals surface area contributed by atoms with Gasteiger partial charge in [-0.25, -0.2) is 9.78 Å². The second kappa shape index (κ2) is 16.6. The highest BCUT2D eigenvalue weighted by atomic mass is 35.5. The largest absolute Gasteiger partial charge is 0.490 e. The summed E-state index contributed by atoms with van der Waals surface area (Å²) in [5.74, 6) is -0.738. The number of rotatable bonds is 8. The summed E-state index contributed by atoms with van der Waals surface area (Å²) in [6, 6.07) is 9.68. The molecule has 0 saturated carbocycles. The molecule has 0 aliphatic carbocycles. The number of pyridine rings is 1. The highest BCUT2D eigenvalue weighted by Gasteiger charge is 2.42. The highest BCUT2D eigenvalue weighted by molar-refractivity contribution is 6.31. The molecule has 4 fully saturated rings. The molecule has 51 heavy (non-hydrogen) atoms. The van der Waals surface area contributed by atoms with Gasteiger partial charge in [-0.15, -0.1) is 0 Å². The topological polar surface area (TPSA) is 118 Å². The Bertz CT molecular complexity index is 1570. The Balaban J connectivity index is 0.000000654. The lowest BCUT2D eigenvalue weighted by Gasteiger charge is -2.34. The average Bonchev–Trinajstić information content (AvgIpc) is 3.86. The van der Waals surface area contributed by atoms with Crippen LogP contribution in [0.1, 0.15) is 54.9 Å². The van der Waals surface area contributed by atoms with E-state index >= 15 is 0 Å². The first-order valence-electron chi connectivity index (χ1n) is 17.6. The molecule has 2 atom stereocenters. The van der Waals surface area contributed by atoms with Gasteiger partial charge in [-0.2, -0.15) is 13.2 Å². The van der Waals surface area contributed by atoms with E-state index < -0.39 is 12.1 Å². The molecular formula is C36H46ClF3N6O5. The van der Waals surface area contributed by atoms with Gasteiger partial charge in [-0.1, -0.05) is 17.7 Å². The normalized spacial score (nSPS) is 20.9. The molecule has 4 aliphatic heterocycles. The second-order valence-electron chi connectivity index (χ2n) is 13.9. The summed E-state index contributed by atoms with van der Waals surface area (Å²) in [7, 11) is 0. The van der Waals surface area contributed by atoms with E-state index in [1.54, 1.807) is 13.1 Å². The van der Waals surface area contributed by atoms with Crippen molar-refractivity contribution in [1.82, 2.24) is 19.7 Å². The molecule has 15 heteroatoms. The van der Waals surface area contributed by atoms with Gasteiger partial charge in [0.1, 0.15) is 5.82 Å². The van der Waals surface area contributed by atoms with Crippen LogP contribution >= 0.6 is 11.6 Å². The van der Waals surface area contributed by atoms with Crippen LogP contribution in [0, 0.1) is 24.7 Å². The van der Waals surface area contributed by atoms with Crippen molar-refractivity contribution in [3.8, 4) is 0 Å². The summed E-state index contributed by atoms with van der Waals surface area (Å²) >= 11 is 6.48. The van der Waals surface area contributed by atoms with Crippen molar-refractivity contribution >= 4 is 46.8 Å². The number of carbonyl (C=O) groups excluding carboxylic acids is 3. The molecular weight excluding hydrogens is 689 g/mol. The molecule has 1 N–H and O–H groups in total. The Morgan fingerprint density at radius 3 is 2.16 bits per heavy atom. The number of anilines is 2. The third kappa shape index (κ3) is 9.50. The van der Waals surface area contributed by atoms with Crippen LogP contribution in [0.5, 0.6) is 0 Å². The maximum atomic E-state index is 13.8. The van der Waals surface area contributed by atoms with Crippen LogP contribution in [0.15, 0.2) is 36.5 Å². The van der Waals surface area contributed by atoms with E-state index in [1.165, 1.54) is 0 Å². The maximum Gasteiger partial charge on any atom is 0.490 e. The molecule has 11 nitrogen and oxygen atoms in total. The maximum absolute atomic E-state index is 13.8. The Kier molecular flexibility index (Phi) is 12.5. The Morgan fingerprint density at radius 2 is 1.59 bits per heavy atom. The molecule has 2 unspecified atom stereocenters. The van der Waals surface area contributed by atoms with Crippen molar-refractivity contribution in [2.45, 2.75) is 52.1 Å². The first-order chi connectivity index (χ1) is 24.2. The molecule has 0 spiro atoms. The van der Waals surface area contributed by atoms with E-state index in [4.69, 9.17) is 21.5 Å². The number of benzene rings is 1. The molecule has 3 amide bonds. The van der Waals surface area contributed by atoms with Crippen LogP contribution in [0.25, 0.3) is 0 Å². The molecule has 4 saturated heterocycles. The lowest BCUT2D eigenvalue weighted by atomic mass is 9.94. The quantitative estimate of drug-likeness (QED) is 0.405. The van der Waals surface area contributed by atoms with Crippen molar-refractivity contribution in [2.75, 3.05) is 75.2 Å². The number of aryl methyl sites for hydroxylation is 1. The van der Waals surface area contributed by atoms with Crippen molar-refractivity contribution in [1.29, 1.82) is 0 Å². The SMILES string of the molecule is CC(=O)N1CCC(C(=O)N(CCCN2CC3CN(C(=O)c4cccnc4N4CCCC4)CC3C2)c2ccc(C)c(Cl)c2)CC1.O=C(O)C(F)(F)F. The number of fused-ring (bicyclic) bond motifs is 1. The number of amides is 3. The average molecular weight is 735 g/mol. The molecule has 1 aromatic carbocycles. The molecule has 1 aromatic heterocycles. The number of aromatic nitrogens is 1. The van der Waals surface area contributed by atoms with E-state index in [9.17, 15) is 27.6 Å². The van der Waals surface area contributed by atoms with Crippen molar-refractivity contribution in [2.24, 2.45) is 17.8 Å². The van der Waals surface area contributed by atoms with E-state index in [0.717, 1.165) is 87.7 Å². The van der Waals surface area contributed by atoms with E-state index in [0.29, 0.717) is 49.3 Å². The number of halogens is 4. The third-order valence-electron chi connectivity index (χ3n) is 10.4. The summed E-state index contributed by atoms with van der Waals surface area (Å²) < 4.78 is 31.7. The third-order valence-corrected chi connectivity index (χ3v) is 10.8. The molecule has 278 valence electrons. The number of alkyl halides is 3. The number of piperidine rings is 1. The molecule has 0 bridgehead atoms. The highest BCUT2D eigenvalue weighted by Crippen LogP contribution is 2.34. The van der Waals surface area contributed by atoms with Gasteiger partial charge in [-0.3, -0.25) is 14.4 Å². The summed E-state index contributed by atoms with van der Waals surface area (Å²) in [5, 5.41) is 7.79. The number of carboxylic acid groups (broad SMARTS) is 1. The standard InChI is InChI=1S/C34H45ClN6O3.C2HF3O2/c1-24-8-9-29(19-31(24)35)41(33(43)26-10-17-38(18-11-26)25(2)42)16-6-13-37-20-27-22-40(23-28(27)21-37)34(44)30-7-5-12-36-32(30)39-14-3-4-15-39;3-2(4,5)1(6)7/h5,7-9,12,19,26-28H,3-4,6,10-11,13-18,20-23H2,1-2H3;(H,6,7). The first kappa shape index (κ1) is 38.3. The zero-order chi connectivity index (χ0) is 36.9. The lowest BCUT2D eigenvalue weighted by molar-refractivity contribution is -0.192. The first-order valence-corrected chi connectivity index (χ1v) is 18.0. The molecule has 4 aliphatic rings. The molecule has 6 rings (SSSR count). The number of likely N-dealkylation sites (tertiary alicyclic amines) is 3. The monoisotopic (exact) mass is 734 g/mol. The lowest BCUT2D eigenvalue weighted by Crippen LogP contribution is -2.44. The van der Waals surface area contributed by atoms with Gasteiger partial charge in [0, 0.05) is 88.7 Å². The van der Waals surface area contributed by atoms with Crippen LogP contribution in [-0.2, 0) is 14.4 Å². The second-order valence-corrected chi connectivity index (χ2v) is 14.3. The molecule has 0 radical (unpaired) electrons. The zero-order valence-electron chi connectivity index (χ0n) is 29.1. The fraction of sp³-hybridized carbons (Fsp3) is 0.583. The Morgan fingerprint density at radius 1 is 0.961 bits per heavy atom. The zero-order valence-corrected chi connectivity index (χ0v) is 29.8. The molecule has 5 heterocycles. The number of aliphatic carboxylic acids is 1. The minimum absolute atomic E-state index is 0.0739. The predicted octanol–water partition coefficient (Wildman–Crippen LogP) is 4.96. The van der Waals surface area contributed by atoms with Gasteiger partial charge >= 0.3 is 12.1 Å². The van der Waals surface area contributed by atoms with Crippen LogP contribution in [0.3, 0.4) is 0 Å².